The Labute approximate surface area is 158 Å². The van der Waals surface area contributed by atoms with Crippen molar-refractivity contribution in [2.45, 2.75) is 45.4 Å². The van der Waals surface area contributed by atoms with E-state index in [1.54, 1.807) is 0 Å². The van der Waals surface area contributed by atoms with E-state index < -0.39 is 0 Å². The molecule has 1 aromatic rings. The molecular weight excluding hydrogens is 320 g/mol. The number of aliphatic hydroxyl groups is 1. The molecule has 0 aliphatic carbocycles. The molecule has 0 atom stereocenters. The van der Waals surface area contributed by atoms with Crippen LogP contribution in [0.5, 0.6) is 5.75 Å². The second-order valence-corrected chi connectivity index (χ2v) is 6.08. The van der Waals surface area contributed by atoms with Crippen molar-refractivity contribution in [2.75, 3.05) is 6.61 Å². The fourth-order valence-electron chi connectivity index (χ4n) is 2.33. The number of ether oxygens (including phenoxy) is 1. The van der Waals surface area contributed by atoms with Crippen molar-refractivity contribution in [1.29, 1.82) is 0 Å². The molecule has 0 amide bonds. The first-order valence-electron chi connectivity index (χ1n) is 9.44. The molecule has 1 N–H and O–H groups in total. The summed E-state index contributed by atoms with van der Waals surface area (Å²) in [6.07, 6.45) is 22.8. The summed E-state index contributed by atoms with van der Waals surface area (Å²) in [5, 5.41) is 9.25. The molecular formula is C24H32O2. The summed E-state index contributed by atoms with van der Waals surface area (Å²) in [6.45, 7) is 6.35. The van der Waals surface area contributed by atoms with E-state index in [2.05, 4.69) is 62.1 Å². The van der Waals surface area contributed by atoms with Crippen LogP contribution >= 0.6 is 0 Å². The maximum atomic E-state index is 9.25. The van der Waals surface area contributed by atoms with E-state index in [9.17, 15) is 5.11 Å². The molecule has 0 aliphatic rings. The molecule has 140 valence electrons. The van der Waals surface area contributed by atoms with Gasteiger partial charge in [-0.1, -0.05) is 74.2 Å². The number of allylic oxidation sites excluding steroid dienone is 9. The molecule has 0 heterocycles. The van der Waals surface area contributed by atoms with Gasteiger partial charge in [0.1, 0.15) is 5.75 Å². The van der Waals surface area contributed by atoms with Crippen LogP contribution in [0, 0.1) is 0 Å². The quantitative estimate of drug-likeness (QED) is 0.181. The van der Waals surface area contributed by atoms with Crippen LogP contribution in [0.2, 0.25) is 0 Å². The molecule has 0 unspecified atom stereocenters. The lowest BCUT2D eigenvalue weighted by molar-refractivity contribution is 0.311. The second-order valence-electron chi connectivity index (χ2n) is 6.08. The minimum atomic E-state index is 0.170. The van der Waals surface area contributed by atoms with E-state index >= 15 is 0 Å². The smallest absolute Gasteiger partial charge is 0.119 e. The van der Waals surface area contributed by atoms with E-state index in [1.165, 1.54) is 0 Å². The predicted molar refractivity (Wildman–Crippen MR) is 113 cm³/mol. The highest BCUT2D eigenvalue weighted by molar-refractivity contribution is 5.30. The van der Waals surface area contributed by atoms with Crippen molar-refractivity contribution in [1.82, 2.24) is 0 Å². The third kappa shape index (κ3) is 12.0. The first-order valence-corrected chi connectivity index (χ1v) is 9.44. The highest BCUT2D eigenvalue weighted by Crippen LogP contribution is 2.15. The zero-order valence-corrected chi connectivity index (χ0v) is 15.9. The maximum absolute atomic E-state index is 9.25. The molecule has 2 nitrogen and oxygen atoms in total. The highest BCUT2D eigenvalue weighted by atomic mass is 16.5. The highest BCUT2D eigenvalue weighted by Gasteiger charge is 1.98. The van der Waals surface area contributed by atoms with E-state index in [-0.39, 0.29) is 5.76 Å². The van der Waals surface area contributed by atoms with E-state index in [0.29, 0.717) is 13.0 Å². The van der Waals surface area contributed by atoms with E-state index in [0.717, 1.165) is 43.4 Å². The van der Waals surface area contributed by atoms with Gasteiger partial charge in [0.05, 0.1) is 12.4 Å². The minimum absolute atomic E-state index is 0.170. The average Bonchev–Trinajstić information content (AvgIpc) is 2.62. The number of hydrogen-bond acceptors (Lipinski definition) is 2. The molecule has 1 aromatic carbocycles. The van der Waals surface area contributed by atoms with Crippen molar-refractivity contribution in [3.63, 3.8) is 0 Å². The van der Waals surface area contributed by atoms with Crippen LogP contribution in [0.25, 0.3) is 0 Å². The average molecular weight is 353 g/mol. The third-order valence-corrected chi connectivity index (χ3v) is 3.60. The lowest BCUT2D eigenvalue weighted by Gasteiger charge is -2.07. The number of hydrogen-bond donors (Lipinski definition) is 1. The Morgan fingerprint density at radius 2 is 1.73 bits per heavy atom. The molecule has 0 saturated carbocycles. The standard InChI is InChI=1S/C24H32O2/c1-3-4-5-6-7-8-9-10-11-12-13-14-15-19-26-24-18-16-17-23(21-24)20-22(2)25/h4-5,8-13,16-18,21,25H,2-3,6-7,14-15,19-20H2,1H3/b5-4-,9-8+,11-10-,13-12+. The van der Waals surface area contributed by atoms with Gasteiger partial charge < -0.3 is 9.84 Å². The van der Waals surface area contributed by atoms with Crippen molar-refractivity contribution in [3.8, 4) is 5.75 Å². The number of unbranched alkanes of at least 4 members (excludes halogenated alkanes) is 2. The topological polar surface area (TPSA) is 29.5 Å². The SMILES string of the molecule is C=C(O)Cc1cccc(OCCC/C=C/C=C\C=C\CC/C=C\CC)c1. The van der Waals surface area contributed by atoms with Gasteiger partial charge in [-0.15, -0.1) is 0 Å². The summed E-state index contributed by atoms with van der Waals surface area (Å²) in [4.78, 5) is 0. The summed E-state index contributed by atoms with van der Waals surface area (Å²) in [7, 11) is 0. The fraction of sp³-hybridized carbons (Fsp3) is 0.333. The molecule has 0 saturated heterocycles. The maximum Gasteiger partial charge on any atom is 0.119 e. The van der Waals surface area contributed by atoms with Crippen molar-refractivity contribution in [3.05, 3.63) is 90.8 Å². The predicted octanol–water partition coefficient (Wildman–Crippen LogP) is 6.87. The van der Waals surface area contributed by atoms with E-state index in [4.69, 9.17) is 4.74 Å². The van der Waals surface area contributed by atoms with Crippen molar-refractivity contribution >= 4 is 0 Å². The Bertz CT molecular complexity index is 621. The van der Waals surface area contributed by atoms with Crippen LogP contribution < -0.4 is 4.74 Å². The molecule has 0 fully saturated rings. The molecule has 0 radical (unpaired) electrons. The van der Waals surface area contributed by atoms with Gasteiger partial charge in [-0.05, 0) is 49.8 Å². The van der Waals surface area contributed by atoms with Crippen LogP contribution in [0.1, 0.15) is 44.6 Å². The van der Waals surface area contributed by atoms with Gasteiger partial charge >= 0.3 is 0 Å². The Kier molecular flexibility index (Phi) is 12.3. The van der Waals surface area contributed by atoms with Gasteiger partial charge in [0, 0.05) is 6.42 Å². The largest absolute Gasteiger partial charge is 0.513 e. The van der Waals surface area contributed by atoms with Gasteiger partial charge in [-0.25, -0.2) is 0 Å². The van der Waals surface area contributed by atoms with Crippen LogP contribution in [0.3, 0.4) is 0 Å². The van der Waals surface area contributed by atoms with Crippen LogP contribution in [0.15, 0.2) is 85.2 Å². The lowest BCUT2D eigenvalue weighted by atomic mass is 10.1. The summed E-state index contributed by atoms with van der Waals surface area (Å²) < 4.78 is 5.75. The molecule has 0 bridgehead atoms. The summed E-state index contributed by atoms with van der Waals surface area (Å²) in [5.74, 6) is 1.01. The number of rotatable bonds is 13. The van der Waals surface area contributed by atoms with Crippen LogP contribution in [-0.4, -0.2) is 11.7 Å². The normalized spacial score (nSPS) is 12.0. The Balaban J connectivity index is 2.12. The third-order valence-electron chi connectivity index (χ3n) is 3.60. The summed E-state index contributed by atoms with van der Waals surface area (Å²) >= 11 is 0. The fourth-order valence-corrected chi connectivity index (χ4v) is 2.33. The molecule has 1 rings (SSSR count). The first-order chi connectivity index (χ1) is 12.7. The monoisotopic (exact) mass is 352 g/mol. The van der Waals surface area contributed by atoms with Gasteiger partial charge in [-0.3, -0.25) is 0 Å². The Hall–Kier alpha value is -2.48. The zero-order chi connectivity index (χ0) is 18.9. The van der Waals surface area contributed by atoms with Gasteiger partial charge in [-0.2, -0.15) is 0 Å². The van der Waals surface area contributed by atoms with Crippen LogP contribution in [0.4, 0.5) is 0 Å². The molecule has 26 heavy (non-hydrogen) atoms. The Morgan fingerprint density at radius 1 is 1.00 bits per heavy atom. The zero-order valence-electron chi connectivity index (χ0n) is 15.9. The van der Waals surface area contributed by atoms with Crippen molar-refractivity contribution in [2.24, 2.45) is 0 Å². The first kappa shape index (κ1) is 21.6. The van der Waals surface area contributed by atoms with Crippen molar-refractivity contribution < 1.29 is 9.84 Å². The Morgan fingerprint density at radius 3 is 2.46 bits per heavy atom. The summed E-state index contributed by atoms with van der Waals surface area (Å²) in [6, 6.07) is 7.78. The van der Waals surface area contributed by atoms with Gasteiger partial charge in [0.15, 0.2) is 0 Å². The van der Waals surface area contributed by atoms with Crippen LogP contribution in [-0.2, 0) is 6.42 Å². The lowest BCUT2D eigenvalue weighted by Crippen LogP contribution is -1.97. The van der Waals surface area contributed by atoms with E-state index in [1.807, 2.05) is 24.3 Å². The minimum Gasteiger partial charge on any atom is -0.513 e. The van der Waals surface area contributed by atoms with Gasteiger partial charge in [0.25, 0.3) is 0 Å². The second kappa shape index (κ2) is 14.8. The molecule has 2 heteroatoms. The van der Waals surface area contributed by atoms with Gasteiger partial charge in [0.2, 0.25) is 0 Å². The molecule has 0 spiro atoms. The summed E-state index contributed by atoms with van der Waals surface area (Å²) in [5.41, 5.74) is 1.01. The molecule has 0 aromatic heterocycles. The number of benzene rings is 1. The number of aliphatic hydroxyl groups excluding tert-OH is 1. The molecule has 0 aliphatic heterocycles.